The molecular formula is C23H27N3O2. The van der Waals surface area contributed by atoms with Crippen molar-refractivity contribution in [2.75, 3.05) is 37.6 Å². The fourth-order valence-corrected chi connectivity index (χ4v) is 4.26. The number of hydrogen-bond acceptors (Lipinski definition) is 3. The molecule has 2 heterocycles. The summed E-state index contributed by atoms with van der Waals surface area (Å²) in [6, 6.07) is 20.3. The van der Waals surface area contributed by atoms with Crippen LogP contribution in [0.25, 0.3) is 0 Å². The third-order valence-corrected chi connectivity index (χ3v) is 5.97. The molecule has 0 saturated carbocycles. The Balaban J connectivity index is 1.35. The third-order valence-electron chi connectivity index (χ3n) is 5.97. The SMILES string of the molecule is C[C@H](c1ccccc1)N1C[C@H](C(=O)N2CCN(c3ccccc3)CC2)CC1=O. The maximum Gasteiger partial charge on any atom is 0.228 e. The quantitative estimate of drug-likeness (QED) is 0.823. The lowest BCUT2D eigenvalue weighted by Crippen LogP contribution is -2.50. The summed E-state index contributed by atoms with van der Waals surface area (Å²) in [6.07, 6.45) is 0.328. The van der Waals surface area contributed by atoms with E-state index in [1.54, 1.807) is 0 Å². The van der Waals surface area contributed by atoms with Crippen molar-refractivity contribution in [3.05, 3.63) is 66.2 Å². The zero-order valence-electron chi connectivity index (χ0n) is 16.3. The molecule has 0 spiro atoms. The number of nitrogens with zero attached hydrogens (tertiary/aromatic N) is 3. The molecule has 5 nitrogen and oxygen atoms in total. The van der Waals surface area contributed by atoms with E-state index in [-0.39, 0.29) is 23.8 Å². The van der Waals surface area contributed by atoms with Crippen molar-refractivity contribution in [3.63, 3.8) is 0 Å². The van der Waals surface area contributed by atoms with E-state index >= 15 is 0 Å². The molecule has 2 aliphatic heterocycles. The Morgan fingerprint density at radius 2 is 1.54 bits per heavy atom. The van der Waals surface area contributed by atoms with Crippen LogP contribution in [-0.2, 0) is 9.59 Å². The summed E-state index contributed by atoms with van der Waals surface area (Å²) in [7, 11) is 0. The Bertz CT molecular complexity index is 816. The highest BCUT2D eigenvalue weighted by Gasteiger charge is 2.39. The van der Waals surface area contributed by atoms with Gasteiger partial charge >= 0.3 is 0 Å². The standard InChI is InChI=1S/C23H27N3O2/c1-18(19-8-4-2-5-9-19)26-17-20(16-22(26)27)23(28)25-14-12-24(13-15-25)21-10-6-3-7-11-21/h2-11,18,20H,12-17H2,1H3/t18-,20-/m1/s1. The lowest BCUT2D eigenvalue weighted by Gasteiger charge is -2.37. The number of carbonyl (C=O) groups excluding carboxylic acids is 2. The van der Waals surface area contributed by atoms with E-state index in [9.17, 15) is 9.59 Å². The summed E-state index contributed by atoms with van der Waals surface area (Å²) in [5.74, 6) is -0.0108. The van der Waals surface area contributed by atoms with E-state index in [1.807, 2.05) is 65.3 Å². The predicted octanol–water partition coefficient (Wildman–Crippen LogP) is 2.94. The molecule has 2 saturated heterocycles. The second kappa shape index (κ2) is 8.05. The molecule has 28 heavy (non-hydrogen) atoms. The molecule has 0 bridgehead atoms. The molecule has 0 aliphatic carbocycles. The van der Waals surface area contributed by atoms with Gasteiger partial charge in [0.25, 0.3) is 0 Å². The van der Waals surface area contributed by atoms with Crippen molar-refractivity contribution in [1.29, 1.82) is 0 Å². The second-order valence-electron chi connectivity index (χ2n) is 7.68. The largest absolute Gasteiger partial charge is 0.368 e. The highest BCUT2D eigenvalue weighted by Crippen LogP contribution is 2.29. The molecule has 0 N–H and O–H groups in total. The summed E-state index contributed by atoms with van der Waals surface area (Å²) >= 11 is 0. The highest BCUT2D eigenvalue weighted by molar-refractivity contribution is 5.89. The first kappa shape index (κ1) is 18.5. The number of hydrogen-bond donors (Lipinski definition) is 0. The van der Waals surface area contributed by atoms with Gasteiger partial charge in [0, 0.05) is 44.8 Å². The Labute approximate surface area is 166 Å². The zero-order valence-corrected chi connectivity index (χ0v) is 16.3. The smallest absolute Gasteiger partial charge is 0.228 e. The first-order valence-corrected chi connectivity index (χ1v) is 10.1. The van der Waals surface area contributed by atoms with Crippen LogP contribution in [-0.4, -0.2) is 54.3 Å². The number of carbonyl (C=O) groups is 2. The van der Waals surface area contributed by atoms with Crippen LogP contribution in [0.2, 0.25) is 0 Å². The van der Waals surface area contributed by atoms with E-state index < -0.39 is 0 Å². The molecule has 146 valence electrons. The molecule has 2 aromatic carbocycles. The fourth-order valence-electron chi connectivity index (χ4n) is 4.26. The van der Waals surface area contributed by atoms with E-state index in [0.717, 1.165) is 18.7 Å². The monoisotopic (exact) mass is 377 g/mol. The number of amides is 2. The molecule has 2 aliphatic rings. The second-order valence-corrected chi connectivity index (χ2v) is 7.68. The van der Waals surface area contributed by atoms with Gasteiger partial charge in [-0.25, -0.2) is 0 Å². The van der Waals surface area contributed by atoms with Gasteiger partial charge in [0.05, 0.1) is 12.0 Å². The minimum absolute atomic E-state index is 0.00132. The Morgan fingerprint density at radius 1 is 0.929 bits per heavy atom. The van der Waals surface area contributed by atoms with Crippen molar-refractivity contribution in [2.45, 2.75) is 19.4 Å². The van der Waals surface area contributed by atoms with Crippen LogP contribution in [0.4, 0.5) is 5.69 Å². The minimum atomic E-state index is -0.220. The van der Waals surface area contributed by atoms with Gasteiger partial charge in [0.2, 0.25) is 11.8 Å². The predicted molar refractivity (Wildman–Crippen MR) is 110 cm³/mol. The van der Waals surface area contributed by atoms with Crippen LogP contribution < -0.4 is 4.90 Å². The first-order chi connectivity index (χ1) is 13.6. The molecule has 4 rings (SSSR count). The van der Waals surface area contributed by atoms with Gasteiger partial charge in [0.15, 0.2) is 0 Å². The minimum Gasteiger partial charge on any atom is -0.368 e. The van der Waals surface area contributed by atoms with Crippen LogP contribution in [0.1, 0.15) is 24.9 Å². The van der Waals surface area contributed by atoms with Gasteiger partial charge in [-0.05, 0) is 24.6 Å². The average Bonchev–Trinajstić information content (AvgIpc) is 3.15. The van der Waals surface area contributed by atoms with Gasteiger partial charge < -0.3 is 14.7 Å². The number of benzene rings is 2. The average molecular weight is 377 g/mol. The lowest BCUT2D eigenvalue weighted by atomic mass is 10.1. The van der Waals surface area contributed by atoms with E-state index in [4.69, 9.17) is 0 Å². The topological polar surface area (TPSA) is 43.9 Å². The summed E-state index contributed by atoms with van der Waals surface area (Å²) in [5.41, 5.74) is 2.31. The number of piperazine rings is 1. The Hall–Kier alpha value is -2.82. The molecule has 2 aromatic rings. The molecule has 2 amide bonds. The summed E-state index contributed by atoms with van der Waals surface area (Å²) in [4.78, 5) is 31.7. The van der Waals surface area contributed by atoms with Gasteiger partial charge in [-0.2, -0.15) is 0 Å². The third kappa shape index (κ3) is 3.75. The van der Waals surface area contributed by atoms with Crippen LogP contribution in [0, 0.1) is 5.92 Å². The van der Waals surface area contributed by atoms with Crippen LogP contribution in [0.15, 0.2) is 60.7 Å². The molecule has 0 aromatic heterocycles. The molecular weight excluding hydrogens is 350 g/mol. The number of rotatable bonds is 4. The molecule has 2 atom stereocenters. The van der Waals surface area contributed by atoms with Crippen molar-refractivity contribution < 1.29 is 9.59 Å². The van der Waals surface area contributed by atoms with Gasteiger partial charge in [-0.15, -0.1) is 0 Å². The Morgan fingerprint density at radius 3 is 2.18 bits per heavy atom. The van der Waals surface area contributed by atoms with E-state index in [2.05, 4.69) is 17.0 Å². The molecule has 0 unspecified atom stereocenters. The Kier molecular flexibility index (Phi) is 5.33. The zero-order chi connectivity index (χ0) is 19.5. The summed E-state index contributed by atoms with van der Waals surface area (Å²) in [6.45, 7) is 5.66. The molecule has 0 radical (unpaired) electrons. The maximum atomic E-state index is 13.0. The number of likely N-dealkylation sites (tertiary alicyclic amines) is 1. The van der Waals surface area contributed by atoms with Crippen LogP contribution >= 0.6 is 0 Å². The number of para-hydroxylation sites is 1. The van der Waals surface area contributed by atoms with Crippen molar-refractivity contribution in [3.8, 4) is 0 Å². The maximum absolute atomic E-state index is 13.0. The van der Waals surface area contributed by atoms with Crippen molar-refractivity contribution in [2.24, 2.45) is 5.92 Å². The van der Waals surface area contributed by atoms with Gasteiger partial charge in [-0.1, -0.05) is 48.5 Å². The van der Waals surface area contributed by atoms with Crippen LogP contribution in [0.5, 0.6) is 0 Å². The van der Waals surface area contributed by atoms with Gasteiger partial charge in [-0.3, -0.25) is 9.59 Å². The van der Waals surface area contributed by atoms with Crippen molar-refractivity contribution in [1.82, 2.24) is 9.80 Å². The summed E-state index contributed by atoms with van der Waals surface area (Å²) in [5, 5.41) is 0. The van der Waals surface area contributed by atoms with Crippen LogP contribution in [0.3, 0.4) is 0 Å². The fraction of sp³-hybridized carbons (Fsp3) is 0.391. The lowest BCUT2D eigenvalue weighted by molar-refractivity contribution is -0.136. The number of anilines is 1. The van der Waals surface area contributed by atoms with Crippen molar-refractivity contribution >= 4 is 17.5 Å². The van der Waals surface area contributed by atoms with E-state index in [1.165, 1.54) is 5.69 Å². The normalized spacial score (nSPS) is 21.1. The van der Waals surface area contributed by atoms with Gasteiger partial charge in [0.1, 0.15) is 0 Å². The highest BCUT2D eigenvalue weighted by atomic mass is 16.2. The van der Waals surface area contributed by atoms with E-state index in [0.29, 0.717) is 26.1 Å². The molecule has 2 fully saturated rings. The molecule has 5 heteroatoms. The summed E-state index contributed by atoms with van der Waals surface area (Å²) < 4.78 is 0. The first-order valence-electron chi connectivity index (χ1n) is 10.1.